The van der Waals surface area contributed by atoms with Crippen LogP contribution in [-0.4, -0.2) is 30.6 Å². The first-order valence-corrected chi connectivity index (χ1v) is 23.4. The molecular weight excluding hydrogens is 829 g/mol. The lowest BCUT2D eigenvalue weighted by Gasteiger charge is -2.35. The van der Waals surface area contributed by atoms with Crippen molar-refractivity contribution in [1.29, 1.82) is 0 Å². The number of phenolic OH excluding ortho intramolecular Hbond substituents is 6. The van der Waals surface area contributed by atoms with Gasteiger partial charge in [0.05, 0.1) is 5.41 Å². The molecule has 11 rings (SSSR count). The van der Waals surface area contributed by atoms with Gasteiger partial charge in [0, 0.05) is 0 Å². The van der Waals surface area contributed by atoms with Crippen molar-refractivity contribution in [2.24, 2.45) is 0 Å². The average molecular weight is 887 g/mol. The number of aromatic hydroxyl groups is 6. The van der Waals surface area contributed by atoms with Crippen LogP contribution in [-0.2, 0) is 18.3 Å². The lowest BCUT2D eigenvalue weighted by Crippen LogP contribution is -2.29. The van der Waals surface area contributed by atoms with E-state index >= 15 is 0 Å². The summed E-state index contributed by atoms with van der Waals surface area (Å²) >= 11 is 0. The third-order valence-electron chi connectivity index (χ3n) is 13.3. The van der Waals surface area contributed by atoms with Crippen molar-refractivity contribution in [3.63, 3.8) is 0 Å². The number of rotatable bonds is 4. The van der Waals surface area contributed by atoms with Crippen LogP contribution in [0.15, 0.2) is 146 Å². The molecule has 6 N–H and O–H groups in total. The van der Waals surface area contributed by atoms with Gasteiger partial charge in [-0.25, -0.2) is 0 Å². The maximum absolute atomic E-state index is 10.7. The quantitative estimate of drug-likeness (QED) is 0.0979. The molecule has 1 aliphatic carbocycles. The standard InChI is InChI=1S/C31H30O2.C26H16O4.2C2H6/c1-5-21-17-23(15-19(3)29(21)32)31(24-16-20(4)30(33)22(6-2)18-24)27-13-9-7-11-25(27)26-12-8-10-14-28(26)31;27-13-1-5-17-21(9-13)22-10-14(28)3-7-19(22)26-20-8-4-16(30)12-24(20)23-11-15(29)2-6-18(23)25(17)26;2*1-2/h7-18,32-33H,5-6H2,1-4H3;1-12,27-30H;2*1-2H3. The van der Waals surface area contributed by atoms with Gasteiger partial charge in [0.1, 0.15) is 34.5 Å². The maximum Gasteiger partial charge on any atom is 0.121 e. The highest BCUT2D eigenvalue weighted by Gasteiger charge is 2.46. The topological polar surface area (TPSA) is 121 Å². The number of hydrogen-bond acceptors (Lipinski definition) is 6. The molecule has 6 heteroatoms. The Morgan fingerprint density at radius 1 is 0.358 bits per heavy atom. The molecule has 67 heavy (non-hydrogen) atoms. The molecule has 0 aromatic heterocycles. The van der Waals surface area contributed by atoms with Crippen LogP contribution in [0, 0.1) is 13.8 Å². The lowest BCUT2D eigenvalue weighted by molar-refractivity contribution is 0.463. The van der Waals surface area contributed by atoms with Crippen molar-refractivity contribution in [2.45, 2.75) is 73.6 Å². The predicted octanol–water partition coefficient (Wildman–Crippen LogP) is 15.5. The van der Waals surface area contributed by atoms with Gasteiger partial charge in [-0.3, -0.25) is 0 Å². The summed E-state index contributed by atoms with van der Waals surface area (Å²) in [5.74, 6) is 1.37. The van der Waals surface area contributed by atoms with E-state index in [0.717, 1.165) is 100 Å². The molecule has 1 aliphatic rings. The monoisotopic (exact) mass is 886 g/mol. The van der Waals surface area contributed by atoms with E-state index in [9.17, 15) is 30.6 Å². The molecule has 10 aromatic rings. The van der Waals surface area contributed by atoms with Crippen LogP contribution >= 0.6 is 0 Å². The fourth-order valence-corrected chi connectivity index (χ4v) is 10.4. The van der Waals surface area contributed by atoms with Crippen LogP contribution in [0.4, 0.5) is 0 Å². The minimum atomic E-state index is -0.530. The minimum absolute atomic E-state index is 0.152. The van der Waals surface area contributed by atoms with Gasteiger partial charge in [-0.2, -0.15) is 0 Å². The van der Waals surface area contributed by atoms with E-state index in [1.165, 1.54) is 22.3 Å². The molecule has 0 aliphatic heterocycles. The Morgan fingerprint density at radius 3 is 0.955 bits per heavy atom. The van der Waals surface area contributed by atoms with Gasteiger partial charge in [-0.1, -0.05) is 139 Å². The third-order valence-corrected chi connectivity index (χ3v) is 13.3. The maximum atomic E-state index is 10.7. The van der Waals surface area contributed by atoms with E-state index in [2.05, 4.69) is 86.6 Å². The summed E-state index contributed by atoms with van der Waals surface area (Å²) in [5, 5.41) is 71.2. The van der Waals surface area contributed by atoms with Gasteiger partial charge < -0.3 is 30.6 Å². The van der Waals surface area contributed by atoms with Gasteiger partial charge in [0.2, 0.25) is 0 Å². The smallest absolute Gasteiger partial charge is 0.121 e. The van der Waals surface area contributed by atoms with E-state index < -0.39 is 5.41 Å². The largest absolute Gasteiger partial charge is 0.508 e. The highest BCUT2D eigenvalue weighted by molar-refractivity contribution is 6.39. The summed E-state index contributed by atoms with van der Waals surface area (Å²) in [7, 11) is 0. The molecule has 0 saturated carbocycles. The van der Waals surface area contributed by atoms with Gasteiger partial charge in [-0.05, 0) is 185 Å². The molecule has 338 valence electrons. The van der Waals surface area contributed by atoms with Crippen LogP contribution in [0.3, 0.4) is 0 Å². The Balaban J connectivity index is 0.000000170. The zero-order valence-corrected chi connectivity index (χ0v) is 39.5. The molecule has 6 nitrogen and oxygen atoms in total. The number of fused-ring (bicyclic) bond motifs is 14. The molecule has 10 aromatic carbocycles. The summed E-state index contributed by atoms with van der Waals surface area (Å²) < 4.78 is 0. The van der Waals surface area contributed by atoms with Crippen LogP contribution in [0.5, 0.6) is 34.5 Å². The normalized spacial score (nSPS) is 12.2. The van der Waals surface area contributed by atoms with Gasteiger partial charge >= 0.3 is 0 Å². The molecule has 0 amide bonds. The number of phenols is 6. The Labute approximate surface area is 392 Å². The zero-order chi connectivity index (χ0) is 47.9. The summed E-state index contributed by atoms with van der Waals surface area (Å²) in [6.07, 6.45) is 1.52. The number of hydrogen-bond donors (Lipinski definition) is 6. The summed E-state index contributed by atoms with van der Waals surface area (Å²) in [6, 6.07) is 46.9. The molecule has 0 radical (unpaired) electrons. The van der Waals surface area contributed by atoms with Gasteiger partial charge in [0.25, 0.3) is 0 Å². The first-order valence-electron chi connectivity index (χ1n) is 23.4. The van der Waals surface area contributed by atoms with E-state index in [-0.39, 0.29) is 23.0 Å². The zero-order valence-electron chi connectivity index (χ0n) is 39.5. The molecule has 0 saturated heterocycles. The van der Waals surface area contributed by atoms with Crippen molar-refractivity contribution in [3.8, 4) is 45.6 Å². The van der Waals surface area contributed by atoms with E-state index in [0.29, 0.717) is 11.5 Å². The first kappa shape index (κ1) is 45.9. The van der Waals surface area contributed by atoms with Crippen LogP contribution in [0.1, 0.15) is 86.1 Å². The Kier molecular flexibility index (Phi) is 12.5. The molecular formula is C61H58O6. The van der Waals surface area contributed by atoms with Gasteiger partial charge in [-0.15, -0.1) is 0 Å². The van der Waals surface area contributed by atoms with Crippen molar-refractivity contribution in [1.82, 2.24) is 0 Å². The van der Waals surface area contributed by atoms with Crippen molar-refractivity contribution in [2.75, 3.05) is 0 Å². The second-order valence-corrected chi connectivity index (χ2v) is 16.8. The highest BCUT2D eigenvalue weighted by atomic mass is 16.3. The summed E-state index contributed by atoms with van der Waals surface area (Å²) in [6.45, 7) is 16.1. The SMILES string of the molecule is CC.CC.CCc1cc(C2(c3cc(C)c(O)c(CC)c3)c3ccccc3-c3ccccc32)cc(C)c1O.Oc1ccc2c(c1)c1cc(O)ccc1c1c3ccc(O)cc3c3cc(O)ccc3c21. The fraction of sp³-hybridized carbons (Fsp3) is 0.180. The minimum Gasteiger partial charge on any atom is -0.508 e. The van der Waals surface area contributed by atoms with Crippen molar-refractivity contribution >= 4 is 53.9 Å². The number of benzene rings is 10. The van der Waals surface area contributed by atoms with Crippen LogP contribution in [0.25, 0.3) is 65.0 Å². The van der Waals surface area contributed by atoms with E-state index in [1.807, 2.05) is 65.8 Å². The molecule has 0 spiro atoms. The third kappa shape index (κ3) is 7.37. The first-order chi connectivity index (χ1) is 32.4. The molecule has 0 fully saturated rings. The Morgan fingerprint density at radius 2 is 0.657 bits per heavy atom. The molecule has 0 heterocycles. The van der Waals surface area contributed by atoms with E-state index in [1.54, 1.807) is 48.5 Å². The molecule has 0 atom stereocenters. The second kappa shape index (κ2) is 18.3. The average Bonchev–Trinajstić information content (AvgIpc) is 3.65. The summed E-state index contributed by atoms with van der Waals surface area (Å²) in [5.41, 5.74) is 10.4. The molecule has 0 bridgehead atoms. The van der Waals surface area contributed by atoms with E-state index in [4.69, 9.17) is 0 Å². The van der Waals surface area contributed by atoms with Crippen molar-refractivity contribution < 1.29 is 30.6 Å². The predicted molar refractivity (Wildman–Crippen MR) is 279 cm³/mol. The van der Waals surface area contributed by atoms with Crippen LogP contribution in [0.2, 0.25) is 0 Å². The van der Waals surface area contributed by atoms with Crippen LogP contribution < -0.4 is 0 Å². The Bertz CT molecular complexity index is 3170. The highest BCUT2D eigenvalue weighted by Crippen LogP contribution is 2.57. The lowest BCUT2D eigenvalue weighted by atomic mass is 9.66. The second-order valence-electron chi connectivity index (χ2n) is 16.8. The Hall–Kier alpha value is -7.70. The summed E-state index contributed by atoms with van der Waals surface area (Å²) in [4.78, 5) is 0. The number of aryl methyl sites for hydroxylation is 4. The fourth-order valence-electron chi connectivity index (χ4n) is 10.4. The molecule has 0 unspecified atom stereocenters. The van der Waals surface area contributed by atoms with Crippen molar-refractivity contribution in [3.05, 3.63) is 190 Å². The van der Waals surface area contributed by atoms with Gasteiger partial charge in [0.15, 0.2) is 0 Å².